The molecule has 0 aromatic rings. The highest BCUT2D eigenvalue weighted by atomic mass is 16.6. The van der Waals surface area contributed by atoms with Crippen LogP contribution in [-0.2, 0) is 23.8 Å². The summed E-state index contributed by atoms with van der Waals surface area (Å²) in [4.78, 5) is 24.1. The van der Waals surface area contributed by atoms with Crippen LogP contribution >= 0.6 is 0 Å². The molecule has 0 N–H and O–H groups in total. The fraction of sp³-hybridized carbons (Fsp3) is 0.970. The van der Waals surface area contributed by atoms with Crippen LogP contribution in [0.1, 0.15) is 386 Å². The summed E-state index contributed by atoms with van der Waals surface area (Å²) in [6, 6.07) is 0. The number of hydrogen-bond acceptors (Lipinski definition) is 5. The largest absolute Gasteiger partial charge is 0.463 e. The smallest absolute Gasteiger partial charge is 0.305 e. The second-order valence-electron chi connectivity index (χ2n) is 22.6. The molecule has 5 nitrogen and oxygen atoms in total. The van der Waals surface area contributed by atoms with E-state index in [9.17, 15) is 9.59 Å². The van der Waals surface area contributed by atoms with E-state index in [1.807, 2.05) is 0 Å². The van der Waals surface area contributed by atoms with E-state index in [4.69, 9.17) is 14.2 Å². The summed E-state index contributed by atoms with van der Waals surface area (Å²) in [7, 11) is 0. The molecule has 0 bridgehead atoms. The molecule has 0 aromatic carbocycles. The number of hydrogen-bond donors (Lipinski definition) is 0. The third-order valence-electron chi connectivity index (χ3n) is 15.5. The molecule has 5 heteroatoms. The number of ether oxygens (including phenoxy) is 3. The van der Waals surface area contributed by atoms with Crippen LogP contribution in [0.4, 0.5) is 0 Å². The molecule has 0 aliphatic heterocycles. The zero-order valence-corrected chi connectivity index (χ0v) is 48.9. The lowest BCUT2D eigenvalue weighted by Gasteiger charge is -2.07. The Morgan fingerprint density at radius 3 is 0.493 bits per heavy atom. The van der Waals surface area contributed by atoms with Crippen LogP contribution in [0.3, 0.4) is 0 Å². The number of carbonyl (C=O) groups is 2. The average Bonchev–Trinajstić information content (AvgIpc) is 3.37. The summed E-state index contributed by atoms with van der Waals surface area (Å²) in [5, 5.41) is 0. The van der Waals surface area contributed by atoms with Gasteiger partial charge in [0.1, 0.15) is 13.2 Å². The Balaban J connectivity index is 3.21. The van der Waals surface area contributed by atoms with Crippen molar-refractivity contribution in [2.75, 3.05) is 26.4 Å². The molecule has 0 aliphatic rings. The minimum atomic E-state index is -0.129. The van der Waals surface area contributed by atoms with E-state index >= 15 is 0 Å². The SMILES string of the molecule is CCCCCCCCCCCCCCCCCCCCCCCCCCCCCCC(=O)OCCOCCOC(=O)CCCCCCCCCCCCCCCCCCCCCCCCCCCCCC. The van der Waals surface area contributed by atoms with E-state index in [-0.39, 0.29) is 25.2 Å². The van der Waals surface area contributed by atoms with Crippen molar-refractivity contribution in [2.45, 2.75) is 386 Å². The molecule has 0 fully saturated rings. The van der Waals surface area contributed by atoms with Crippen molar-refractivity contribution in [1.29, 1.82) is 0 Å². The van der Waals surface area contributed by atoms with E-state index in [0.29, 0.717) is 26.1 Å². The van der Waals surface area contributed by atoms with E-state index < -0.39 is 0 Å². The quantitative estimate of drug-likeness (QED) is 0.0449. The van der Waals surface area contributed by atoms with E-state index in [1.54, 1.807) is 0 Å². The summed E-state index contributed by atoms with van der Waals surface area (Å²) >= 11 is 0. The molecule has 0 saturated carbocycles. The molecule has 0 amide bonds. The predicted octanol–water partition coefficient (Wildman–Crippen LogP) is 22.8. The second-order valence-corrected chi connectivity index (χ2v) is 22.6. The third-order valence-corrected chi connectivity index (χ3v) is 15.5. The Labute approximate surface area is 446 Å². The Bertz CT molecular complexity index is 907. The molecule has 424 valence electrons. The van der Waals surface area contributed by atoms with Crippen LogP contribution in [0.15, 0.2) is 0 Å². The first kappa shape index (κ1) is 69.9. The minimum Gasteiger partial charge on any atom is -0.463 e. The Hall–Kier alpha value is -1.10. The first-order valence-electron chi connectivity index (χ1n) is 33.1. The monoisotopic (exact) mass is 1000 g/mol. The van der Waals surface area contributed by atoms with Gasteiger partial charge in [-0.2, -0.15) is 0 Å². The standard InChI is InChI=1S/C66H130O5/c1-3-5-7-9-11-13-15-17-19-21-23-25-27-29-31-33-35-37-39-41-43-45-47-49-51-53-55-57-59-65(67)70-63-61-69-62-64-71-66(68)60-58-56-54-52-50-48-46-44-42-40-38-36-34-32-30-28-26-24-22-20-18-16-14-12-10-8-6-4-2/h3-64H2,1-2H3. The highest BCUT2D eigenvalue weighted by molar-refractivity contribution is 5.69. The summed E-state index contributed by atoms with van der Waals surface area (Å²) in [5.74, 6) is -0.257. The fourth-order valence-electron chi connectivity index (χ4n) is 10.6. The Kier molecular flexibility index (Phi) is 64.0. The van der Waals surface area contributed by atoms with Gasteiger partial charge >= 0.3 is 11.9 Å². The molecular weight excluding hydrogens is 873 g/mol. The van der Waals surface area contributed by atoms with Crippen LogP contribution in [0, 0.1) is 0 Å². The van der Waals surface area contributed by atoms with Gasteiger partial charge in [0.05, 0.1) is 13.2 Å². The van der Waals surface area contributed by atoms with Crippen LogP contribution < -0.4 is 0 Å². The summed E-state index contributed by atoms with van der Waals surface area (Å²) in [6.45, 7) is 5.84. The molecule has 0 rings (SSSR count). The number of rotatable bonds is 64. The van der Waals surface area contributed by atoms with Crippen LogP contribution in [-0.4, -0.2) is 38.4 Å². The van der Waals surface area contributed by atoms with Crippen molar-refractivity contribution >= 4 is 11.9 Å². The van der Waals surface area contributed by atoms with Gasteiger partial charge in [-0.3, -0.25) is 9.59 Å². The van der Waals surface area contributed by atoms with Crippen molar-refractivity contribution in [3.05, 3.63) is 0 Å². The second kappa shape index (κ2) is 65.0. The van der Waals surface area contributed by atoms with Crippen LogP contribution in [0.25, 0.3) is 0 Å². The normalized spacial score (nSPS) is 11.5. The van der Waals surface area contributed by atoms with Crippen molar-refractivity contribution in [3.8, 4) is 0 Å². The first-order valence-corrected chi connectivity index (χ1v) is 33.1. The van der Waals surface area contributed by atoms with Crippen molar-refractivity contribution in [1.82, 2.24) is 0 Å². The average molecular weight is 1000 g/mol. The zero-order chi connectivity index (χ0) is 51.1. The van der Waals surface area contributed by atoms with Crippen molar-refractivity contribution in [3.63, 3.8) is 0 Å². The highest BCUT2D eigenvalue weighted by Gasteiger charge is 2.06. The molecule has 0 unspecified atom stereocenters. The van der Waals surface area contributed by atoms with Gasteiger partial charge in [0.25, 0.3) is 0 Å². The maximum atomic E-state index is 12.1. The molecule has 0 aromatic heterocycles. The molecule has 0 aliphatic carbocycles. The van der Waals surface area contributed by atoms with Gasteiger partial charge in [-0.05, 0) is 12.8 Å². The van der Waals surface area contributed by atoms with Gasteiger partial charge in [0, 0.05) is 12.8 Å². The molecule has 0 heterocycles. The van der Waals surface area contributed by atoms with Gasteiger partial charge < -0.3 is 14.2 Å². The maximum Gasteiger partial charge on any atom is 0.305 e. The van der Waals surface area contributed by atoms with E-state index in [2.05, 4.69) is 13.8 Å². The fourth-order valence-corrected chi connectivity index (χ4v) is 10.6. The van der Waals surface area contributed by atoms with E-state index in [1.165, 1.54) is 334 Å². The maximum absolute atomic E-state index is 12.1. The molecule has 0 saturated heterocycles. The Morgan fingerprint density at radius 1 is 0.197 bits per heavy atom. The van der Waals surface area contributed by atoms with E-state index in [0.717, 1.165) is 25.7 Å². The minimum absolute atomic E-state index is 0.129. The third kappa shape index (κ3) is 65.0. The zero-order valence-electron chi connectivity index (χ0n) is 48.9. The van der Waals surface area contributed by atoms with Crippen molar-refractivity contribution < 1.29 is 23.8 Å². The van der Waals surface area contributed by atoms with Gasteiger partial charge in [-0.25, -0.2) is 0 Å². The number of unbranched alkanes of at least 4 members (excludes halogenated alkanes) is 54. The topological polar surface area (TPSA) is 61.8 Å². The lowest BCUT2D eigenvalue weighted by Crippen LogP contribution is -2.14. The summed E-state index contributed by atoms with van der Waals surface area (Å²) in [6.07, 6.45) is 79.0. The van der Waals surface area contributed by atoms with Crippen molar-refractivity contribution in [2.24, 2.45) is 0 Å². The number of esters is 2. The molecule has 71 heavy (non-hydrogen) atoms. The summed E-state index contributed by atoms with van der Waals surface area (Å²) < 4.78 is 16.2. The summed E-state index contributed by atoms with van der Waals surface area (Å²) in [5.41, 5.74) is 0. The lowest BCUT2D eigenvalue weighted by atomic mass is 10.0. The molecule has 0 spiro atoms. The molecule has 0 radical (unpaired) electrons. The molecular formula is C66H130O5. The lowest BCUT2D eigenvalue weighted by molar-refractivity contribution is -0.146. The van der Waals surface area contributed by atoms with Crippen LogP contribution in [0.2, 0.25) is 0 Å². The predicted molar refractivity (Wildman–Crippen MR) is 312 cm³/mol. The molecule has 0 atom stereocenters. The first-order chi connectivity index (χ1) is 35.2. The Morgan fingerprint density at radius 2 is 0.338 bits per heavy atom. The van der Waals surface area contributed by atoms with Gasteiger partial charge in [0.15, 0.2) is 0 Å². The van der Waals surface area contributed by atoms with Gasteiger partial charge in [0.2, 0.25) is 0 Å². The van der Waals surface area contributed by atoms with Gasteiger partial charge in [-0.1, -0.05) is 361 Å². The van der Waals surface area contributed by atoms with Crippen LogP contribution in [0.5, 0.6) is 0 Å². The number of carbonyl (C=O) groups excluding carboxylic acids is 2. The van der Waals surface area contributed by atoms with Gasteiger partial charge in [-0.15, -0.1) is 0 Å². The highest BCUT2D eigenvalue weighted by Crippen LogP contribution is 2.19.